The summed E-state index contributed by atoms with van der Waals surface area (Å²) in [5, 5.41) is 7.03. The molecule has 5 heteroatoms. The topological polar surface area (TPSA) is 51.6 Å². The highest BCUT2D eigenvalue weighted by molar-refractivity contribution is 7.25. The molecule has 210 valence electrons. The van der Waals surface area contributed by atoms with Crippen LogP contribution in [-0.4, -0.2) is 19.9 Å². The average molecular weight is 593 g/mol. The van der Waals surface area contributed by atoms with E-state index in [1.54, 1.807) is 11.3 Å². The van der Waals surface area contributed by atoms with Crippen molar-refractivity contribution in [3.05, 3.63) is 146 Å². The van der Waals surface area contributed by atoms with Crippen LogP contribution in [0.1, 0.15) is 0 Å². The number of rotatable bonds is 4. The summed E-state index contributed by atoms with van der Waals surface area (Å²) in [6.45, 7) is 0. The smallest absolute Gasteiger partial charge is 0.164 e. The van der Waals surface area contributed by atoms with Crippen LogP contribution >= 0.6 is 11.3 Å². The molecular weight excluding hydrogens is 569 g/mol. The molecule has 0 aliphatic heterocycles. The van der Waals surface area contributed by atoms with Gasteiger partial charge in [-0.3, -0.25) is 4.98 Å². The Morgan fingerprint density at radius 3 is 2.00 bits per heavy atom. The van der Waals surface area contributed by atoms with E-state index in [1.807, 2.05) is 18.5 Å². The monoisotopic (exact) mass is 592 g/mol. The van der Waals surface area contributed by atoms with Gasteiger partial charge in [0.15, 0.2) is 17.5 Å². The molecule has 0 N–H and O–H groups in total. The third-order valence-electron chi connectivity index (χ3n) is 8.42. The van der Waals surface area contributed by atoms with Crippen LogP contribution in [0, 0.1) is 0 Å². The van der Waals surface area contributed by atoms with E-state index in [1.165, 1.54) is 36.5 Å². The fourth-order valence-corrected chi connectivity index (χ4v) is 7.35. The molecule has 0 aliphatic carbocycles. The SMILES string of the molecule is c1ccc2c(-c3ccc(-c4nc(-c5ccc6cnccc6c5)nc(-c5cccc6sc7ccccc7c56)n4)cc3)cccc2c1. The Morgan fingerprint density at radius 2 is 1.09 bits per heavy atom. The first-order valence-corrected chi connectivity index (χ1v) is 15.7. The number of nitrogens with zero attached hydrogens (tertiary/aromatic N) is 4. The minimum atomic E-state index is 0.642. The zero-order valence-corrected chi connectivity index (χ0v) is 24.9. The van der Waals surface area contributed by atoms with Gasteiger partial charge in [-0.15, -0.1) is 11.3 Å². The molecule has 4 nitrogen and oxygen atoms in total. The van der Waals surface area contributed by atoms with E-state index in [2.05, 4.69) is 132 Å². The van der Waals surface area contributed by atoms with Crippen LogP contribution < -0.4 is 0 Å². The van der Waals surface area contributed by atoms with Crippen LogP contribution in [0.25, 0.3) is 87.0 Å². The molecule has 0 unspecified atom stereocenters. The second kappa shape index (κ2) is 10.4. The average Bonchev–Trinajstić information content (AvgIpc) is 3.50. The number of hydrogen-bond donors (Lipinski definition) is 0. The standard InChI is InChI=1S/C40H24N4S/c1-2-9-31-25(7-1)8-5-11-32(31)26-15-17-27(18-16-26)38-42-39(29-19-20-30-24-41-22-21-28(30)23-29)44-40(43-38)34-12-6-14-36-37(34)33-10-3-4-13-35(33)45-36/h1-24H. The summed E-state index contributed by atoms with van der Waals surface area (Å²) in [5.74, 6) is 1.95. The molecular formula is C40H24N4S. The second-order valence-electron chi connectivity index (χ2n) is 11.1. The van der Waals surface area contributed by atoms with E-state index in [9.17, 15) is 0 Å². The Kier molecular flexibility index (Phi) is 5.96. The van der Waals surface area contributed by atoms with Crippen molar-refractivity contribution in [3.8, 4) is 45.3 Å². The Balaban J connectivity index is 1.23. The van der Waals surface area contributed by atoms with E-state index in [0.717, 1.165) is 33.0 Å². The van der Waals surface area contributed by atoms with Crippen LogP contribution in [-0.2, 0) is 0 Å². The molecule has 0 spiro atoms. The number of fused-ring (bicyclic) bond motifs is 5. The van der Waals surface area contributed by atoms with Crippen molar-refractivity contribution in [2.75, 3.05) is 0 Å². The number of pyridine rings is 1. The van der Waals surface area contributed by atoms with E-state index >= 15 is 0 Å². The summed E-state index contributed by atoms with van der Waals surface area (Å²) < 4.78 is 2.47. The van der Waals surface area contributed by atoms with Crippen LogP contribution in [0.4, 0.5) is 0 Å². The number of thiophene rings is 1. The molecule has 3 heterocycles. The van der Waals surface area contributed by atoms with Crippen LogP contribution in [0.15, 0.2) is 146 Å². The number of aromatic nitrogens is 4. The first-order valence-electron chi connectivity index (χ1n) is 14.9. The Bertz CT molecular complexity index is 2550. The van der Waals surface area contributed by atoms with Gasteiger partial charge in [-0.25, -0.2) is 15.0 Å². The third kappa shape index (κ3) is 4.44. The van der Waals surface area contributed by atoms with Crippen molar-refractivity contribution in [2.24, 2.45) is 0 Å². The molecule has 3 aromatic heterocycles. The highest BCUT2D eigenvalue weighted by Gasteiger charge is 2.17. The van der Waals surface area contributed by atoms with Gasteiger partial charge in [-0.05, 0) is 51.6 Å². The van der Waals surface area contributed by atoms with Crippen molar-refractivity contribution in [1.29, 1.82) is 0 Å². The molecule has 0 fully saturated rings. The summed E-state index contributed by atoms with van der Waals surface area (Å²) in [4.78, 5) is 19.6. The summed E-state index contributed by atoms with van der Waals surface area (Å²) in [7, 11) is 0. The van der Waals surface area contributed by atoms with Crippen molar-refractivity contribution < 1.29 is 0 Å². The van der Waals surface area contributed by atoms with Gasteiger partial charge < -0.3 is 0 Å². The minimum Gasteiger partial charge on any atom is -0.264 e. The van der Waals surface area contributed by atoms with Gasteiger partial charge in [0.2, 0.25) is 0 Å². The first kappa shape index (κ1) is 25.7. The Labute approximate surface area is 263 Å². The van der Waals surface area contributed by atoms with Gasteiger partial charge in [0.05, 0.1) is 0 Å². The van der Waals surface area contributed by atoms with Crippen molar-refractivity contribution in [3.63, 3.8) is 0 Å². The van der Waals surface area contributed by atoms with Crippen molar-refractivity contribution in [2.45, 2.75) is 0 Å². The first-order chi connectivity index (χ1) is 22.3. The second-order valence-corrected chi connectivity index (χ2v) is 12.2. The predicted octanol–water partition coefficient (Wildman–Crippen LogP) is 10.6. The van der Waals surface area contributed by atoms with Crippen LogP contribution in [0.3, 0.4) is 0 Å². The van der Waals surface area contributed by atoms with Crippen molar-refractivity contribution in [1.82, 2.24) is 19.9 Å². The number of hydrogen-bond acceptors (Lipinski definition) is 5. The van der Waals surface area contributed by atoms with Gasteiger partial charge >= 0.3 is 0 Å². The maximum absolute atomic E-state index is 5.12. The van der Waals surface area contributed by atoms with Gasteiger partial charge in [0, 0.05) is 54.6 Å². The zero-order chi connectivity index (χ0) is 29.7. The Hall–Kier alpha value is -5.78. The highest BCUT2D eigenvalue weighted by Crippen LogP contribution is 2.40. The van der Waals surface area contributed by atoms with Gasteiger partial charge in [-0.1, -0.05) is 109 Å². The summed E-state index contributed by atoms with van der Waals surface area (Å²) in [6.07, 6.45) is 3.69. The normalized spacial score (nSPS) is 11.6. The molecule has 0 atom stereocenters. The number of benzene rings is 6. The predicted molar refractivity (Wildman–Crippen MR) is 187 cm³/mol. The molecule has 9 rings (SSSR count). The largest absolute Gasteiger partial charge is 0.264 e. The third-order valence-corrected chi connectivity index (χ3v) is 9.56. The molecule has 9 aromatic rings. The van der Waals surface area contributed by atoms with E-state index < -0.39 is 0 Å². The zero-order valence-electron chi connectivity index (χ0n) is 24.1. The molecule has 0 radical (unpaired) electrons. The Morgan fingerprint density at radius 1 is 0.422 bits per heavy atom. The highest BCUT2D eigenvalue weighted by atomic mass is 32.1. The quantitative estimate of drug-likeness (QED) is 0.204. The molecule has 45 heavy (non-hydrogen) atoms. The van der Waals surface area contributed by atoms with E-state index in [4.69, 9.17) is 15.0 Å². The van der Waals surface area contributed by atoms with Gasteiger partial charge in [0.25, 0.3) is 0 Å². The molecule has 0 aliphatic rings. The lowest BCUT2D eigenvalue weighted by atomic mass is 9.97. The fraction of sp³-hybridized carbons (Fsp3) is 0. The molecule has 0 bridgehead atoms. The molecule has 0 saturated carbocycles. The lowest BCUT2D eigenvalue weighted by Gasteiger charge is -2.11. The molecule has 6 aromatic carbocycles. The molecule has 0 saturated heterocycles. The summed E-state index contributed by atoms with van der Waals surface area (Å²) in [6, 6.07) is 46.7. The van der Waals surface area contributed by atoms with E-state index in [-0.39, 0.29) is 0 Å². The summed E-state index contributed by atoms with van der Waals surface area (Å²) >= 11 is 1.80. The van der Waals surface area contributed by atoms with E-state index in [0.29, 0.717) is 17.5 Å². The van der Waals surface area contributed by atoms with Gasteiger partial charge in [0.1, 0.15) is 0 Å². The summed E-state index contributed by atoms with van der Waals surface area (Å²) in [5.41, 5.74) is 5.25. The fourth-order valence-electron chi connectivity index (χ4n) is 6.21. The lowest BCUT2D eigenvalue weighted by Crippen LogP contribution is -2.00. The van der Waals surface area contributed by atoms with Crippen LogP contribution in [0.5, 0.6) is 0 Å². The molecule has 0 amide bonds. The maximum atomic E-state index is 5.12. The van der Waals surface area contributed by atoms with Crippen LogP contribution in [0.2, 0.25) is 0 Å². The minimum absolute atomic E-state index is 0.642. The van der Waals surface area contributed by atoms with Crippen molar-refractivity contribution >= 4 is 53.1 Å². The maximum Gasteiger partial charge on any atom is 0.164 e. The lowest BCUT2D eigenvalue weighted by molar-refractivity contribution is 1.08. The van der Waals surface area contributed by atoms with Gasteiger partial charge in [-0.2, -0.15) is 0 Å².